The normalized spacial score (nSPS) is 13.3. The van der Waals surface area contributed by atoms with Gasteiger partial charge in [0.1, 0.15) is 0 Å². The topological polar surface area (TPSA) is 3.24 Å². The van der Waals surface area contributed by atoms with E-state index >= 15 is 0 Å². The molecule has 0 atom stereocenters. The molecule has 0 N–H and O–H groups in total. The molecule has 0 bridgehead atoms. The zero-order valence-corrected chi connectivity index (χ0v) is 9.06. The molecular weight excluding hydrogens is 225 g/mol. The number of rotatable bonds is 2. The molecule has 0 aromatic carbocycles. The molecule has 0 unspecified atom stereocenters. The molecular formula is C7H16IN. The summed E-state index contributed by atoms with van der Waals surface area (Å²) in [6, 6.07) is 0.636. The van der Waals surface area contributed by atoms with Crippen LogP contribution in [0.25, 0.3) is 0 Å². The van der Waals surface area contributed by atoms with Gasteiger partial charge in [0.15, 0.2) is 0 Å². The molecule has 1 nitrogen and oxygen atoms in total. The van der Waals surface area contributed by atoms with Crippen LogP contribution in [0.4, 0.5) is 0 Å². The van der Waals surface area contributed by atoms with Crippen molar-refractivity contribution in [2.75, 3.05) is 7.05 Å². The monoisotopic (exact) mass is 241 g/mol. The van der Waals surface area contributed by atoms with Crippen LogP contribution in [0.1, 0.15) is 27.7 Å². The summed E-state index contributed by atoms with van der Waals surface area (Å²) >= 11 is 2.44. The maximum Gasteiger partial charge on any atom is 0.0673 e. The zero-order chi connectivity index (χ0) is 7.65. The fourth-order valence-corrected chi connectivity index (χ4v) is 1.17. The van der Waals surface area contributed by atoms with E-state index in [4.69, 9.17) is 0 Å². The Bertz CT molecular complexity index is 83.4. The van der Waals surface area contributed by atoms with Crippen LogP contribution in [0.3, 0.4) is 0 Å². The van der Waals surface area contributed by atoms with Crippen LogP contribution < -0.4 is 0 Å². The van der Waals surface area contributed by atoms with Crippen molar-refractivity contribution in [3.8, 4) is 0 Å². The molecule has 0 heterocycles. The van der Waals surface area contributed by atoms with E-state index < -0.39 is 0 Å². The smallest absolute Gasteiger partial charge is 0.0673 e. The van der Waals surface area contributed by atoms with E-state index in [9.17, 15) is 0 Å². The Balaban J connectivity index is 3.88. The summed E-state index contributed by atoms with van der Waals surface area (Å²) in [5.74, 6) is 0. The van der Waals surface area contributed by atoms with Crippen molar-refractivity contribution in [2.24, 2.45) is 0 Å². The maximum absolute atomic E-state index is 2.44. The van der Waals surface area contributed by atoms with Gasteiger partial charge in [0.2, 0.25) is 0 Å². The largest absolute Gasteiger partial charge is 0.290 e. The Morgan fingerprint density at radius 3 is 1.67 bits per heavy atom. The number of hydrogen-bond donors (Lipinski definition) is 0. The second kappa shape index (κ2) is 3.19. The highest BCUT2D eigenvalue weighted by atomic mass is 127. The van der Waals surface area contributed by atoms with Gasteiger partial charge >= 0.3 is 0 Å². The van der Waals surface area contributed by atoms with Crippen LogP contribution in [0.2, 0.25) is 0 Å². The van der Waals surface area contributed by atoms with E-state index in [0.717, 1.165) is 0 Å². The standard InChI is InChI=1S/C7H16IN/c1-6(2)9(5)7(3,4)8/h6H,1-5H3. The van der Waals surface area contributed by atoms with Crippen LogP contribution in [-0.4, -0.2) is 21.5 Å². The Morgan fingerprint density at radius 1 is 1.33 bits per heavy atom. The zero-order valence-electron chi connectivity index (χ0n) is 6.90. The van der Waals surface area contributed by atoms with Crippen LogP contribution in [0.5, 0.6) is 0 Å². The molecule has 0 radical (unpaired) electrons. The first-order valence-electron chi connectivity index (χ1n) is 3.27. The van der Waals surface area contributed by atoms with E-state index in [2.05, 4.69) is 62.2 Å². The average Bonchev–Trinajstić information content (AvgIpc) is 1.62. The van der Waals surface area contributed by atoms with Gasteiger partial charge < -0.3 is 0 Å². The number of hydrogen-bond acceptors (Lipinski definition) is 1. The van der Waals surface area contributed by atoms with Crippen molar-refractivity contribution in [1.29, 1.82) is 0 Å². The highest BCUT2D eigenvalue weighted by Gasteiger charge is 2.20. The number of nitrogens with zero attached hydrogens (tertiary/aromatic N) is 1. The summed E-state index contributed by atoms with van der Waals surface area (Å²) < 4.78 is 0.284. The van der Waals surface area contributed by atoms with E-state index in [0.29, 0.717) is 6.04 Å². The molecule has 0 aliphatic carbocycles. The molecule has 0 fully saturated rings. The van der Waals surface area contributed by atoms with Crippen molar-refractivity contribution in [3.63, 3.8) is 0 Å². The van der Waals surface area contributed by atoms with Crippen molar-refractivity contribution in [2.45, 2.75) is 37.3 Å². The van der Waals surface area contributed by atoms with Crippen LogP contribution in [0, 0.1) is 0 Å². The SMILES string of the molecule is CC(C)N(C)C(C)(C)I. The summed E-state index contributed by atoms with van der Waals surface area (Å²) in [7, 11) is 2.15. The van der Waals surface area contributed by atoms with Gasteiger partial charge in [0.25, 0.3) is 0 Å². The Kier molecular flexibility index (Phi) is 3.44. The van der Waals surface area contributed by atoms with Crippen LogP contribution >= 0.6 is 22.6 Å². The fraction of sp³-hybridized carbons (Fsp3) is 1.00. The molecule has 56 valence electrons. The lowest BCUT2D eigenvalue weighted by molar-refractivity contribution is 0.209. The van der Waals surface area contributed by atoms with E-state index in [1.807, 2.05) is 0 Å². The minimum Gasteiger partial charge on any atom is -0.290 e. The molecule has 0 aromatic rings. The molecule has 0 rings (SSSR count). The van der Waals surface area contributed by atoms with Gasteiger partial charge in [-0.15, -0.1) is 0 Å². The second-order valence-electron chi connectivity index (χ2n) is 3.11. The van der Waals surface area contributed by atoms with Crippen molar-refractivity contribution in [1.82, 2.24) is 4.90 Å². The van der Waals surface area contributed by atoms with Gasteiger partial charge in [-0.3, -0.25) is 4.90 Å². The maximum atomic E-state index is 2.44. The lowest BCUT2D eigenvalue weighted by Gasteiger charge is -2.33. The molecule has 2 heteroatoms. The molecule has 0 aromatic heterocycles. The van der Waals surface area contributed by atoms with Gasteiger partial charge in [-0.05, 0) is 34.7 Å². The lowest BCUT2D eigenvalue weighted by Crippen LogP contribution is -2.40. The highest BCUT2D eigenvalue weighted by molar-refractivity contribution is 14.1. The van der Waals surface area contributed by atoms with Crippen LogP contribution in [-0.2, 0) is 0 Å². The fourth-order valence-electron chi connectivity index (χ4n) is 0.614. The van der Waals surface area contributed by atoms with Gasteiger partial charge in [0, 0.05) is 6.04 Å². The minimum absolute atomic E-state index is 0.284. The summed E-state index contributed by atoms with van der Waals surface area (Å²) in [6.07, 6.45) is 0. The number of halogens is 1. The van der Waals surface area contributed by atoms with Crippen LogP contribution in [0.15, 0.2) is 0 Å². The second-order valence-corrected chi connectivity index (χ2v) is 5.75. The van der Waals surface area contributed by atoms with Crippen molar-refractivity contribution >= 4 is 22.6 Å². The van der Waals surface area contributed by atoms with E-state index in [1.165, 1.54) is 0 Å². The third-order valence-electron chi connectivity index (χ3n) is 1.61. The van der Waals surface area contributed by atoms with Crippen molar-refractivity contribution in [3.05, 3.63) is 0 Å². The summed E-state index contributed by atoms with van der Waals surface area (Å²) in [5, 5.41) is 0. The Hall–Kier alpha value is 0.690. The van der Waals surface area contributed by atoms with Gasteiger partial charge in [0.05, 0.1) is 3.55 Å². The molecule has 0 saturated heterocycles. The molecule has 0 aliphatic heterocycles. The summed E-state index contributed by atoms with van der Waals surface area (Å²) in [5.41, 5.74) is 0. The first-order valence-corrected chi connectivity index (χ1v) is 4.35. The Labute approximate surface area is 72.0 Å². The Morgan fingerprint density at radius 2 is 1.67 bits per heavy atom. The third kappa shape index (κ3) is 3.40. The quantitative estimate of drug-likeness (QED) is 0.408. The first kappa shape index (κ1) is 9.69. The molecule has 0 aliphatic rings. The highest BCUT2D eigenvalue weighted by Crippen LogP contribution is 2.22. The molecule has 9 heavy (non-hydrogen) atoms. The van der Waals surface area contributed by atoms with E-state index in [-0.39, 0.29) is 3.55 Å². The van der Waals surface area contributed by atoms with Gasteiger partial charge in [-0.2, -0.15) is 0 Å². The first-order chi connectivity index (χ1) is 3.85. The van der Waals surface area contributed by atoms with Gasteiger partial charge in [-0.1, -0.05) is 22.6 Å². The third-order valence-corrected chi connectivity index (χ3v) is 2.37. The predicted molar refractivity (Wildman–Crippen MR) is 51.0 cm³/mol. The van der Waals surface area contributed by atoms with Gasteiger partial charge in [-0.25, -0.2) is 0 Å². The summed E-state index contributed by atoms with van der Waals surface area (Å²) in [6.45, 7) is 8.85. The summed E-state index contributed by atoms with van der Waals surface area (Å²) in [4.78, 5) is 2.34. The lowest BCUT2D eigenvalue weighted by atomic mass is 10.2. The molecule has 0 amide bonds. The van der Waals surface area contributed by atoms with E-state index in [1.54, 1.807) is 0 Å². The number of alkyl halides is 1. The van der Waals surface area contributed by atoms with Crippen molar-refractivity contribution < 1.29 is 0 Å². The average molecular weight is 241 g/mol. The molecule has 0 spiro atoms. The molecule has 0 saturated carbocycles. The predicted octanol–water partition coefficient (Wildman–Crippen LogP) is 2.50. The minimum atomic E-state index is 0.284.